The lowest BCUT2D eigenvalue weighted by Gasteiger charge is -2.00. The van der Waals surface area contributed by atoms with Gasteiger partial charge in [0.1, 0.15) is 18.6 Å². The highest BCUT2D eigenvalue weighted by molar-refractivity contribution is 5.04. The van der Waals surface area contributed by atoms with Crippen LogP contribution in [-0.4, -0.2) is 6.61 Å². The molecule has 1 aliphatic heterocycles. The maximum absolute atomic E-state index is 5.15. The van der Waals surface area contributed by atoms with E-state index in [9.17, 15) is 0 Å². The van der Waals surface area contributed by atoms with E-state index in [4.69, 9.17) is 9.47 Å². The Hall–Kier alpha value is -1.18. The topological polar surface area (TPSA) is 18.5 Å². The number of rotatable bonds is 3. The van der Waals surface area contributed by atoms with Crippen molar-refractivity contribution in [3.05, 3.63) is 36.5 Å². The molecule has 0 spiro atoms. The Morgan fingerprint density at radius 3 is 3.27 bits per heavy atom. The van der Waals surface area contributed by atoms with Crippen LogP contribution in [0.2, 0.25) is 0 Å². The molecule has 1 aliphatic rings. The van der Waals surface area contributed by atoms with Gasteiger partial charge in [0.25, 0.3) is 0 Å². The van der Waals surface area contributed by atoms with E-state index in [1.165, 1.54) is 0 Å². The quantitative estimate of drug-likeness (QED) is 0.456. The van der Waals surface area contributed by atoms with E-state index < -0.39 is 0 Å². The van der Waals surface area contributed by atoms with Crippen LogP contribution in [0.3, 0.4) is 0 Å². The molecule has 0 aromatic carbocycles. The molecule has 0 aliphatic carbocycles. The molecule has 0 saturated heterocycles. The first kappa shape index (κ1) is 7.92. The number of hydrogen-bond acceptors (Lipinski definition) is 2. The van der Waals surface area contributed by atoms with Crippen LogP contribution in [0.1, 0.15) is 13.3 Å². The highest BCUT2D eigenvalue weighted by Crippen LogP contribution is 2.12. The van der Waals surface area contributed by atoms with Crippen LogP contribution < -0.4 is 0 Å². The number of allylic oxidation sites excluding steroid dienone is 1. The summed E-state index contributed by atoms with van der Waals surface area (Å²) in [6, 6.07) is 0. The van der Waals surface area contributed by atoms with Crippen LogP contribution in [0.4, 0.5) is 0 Å². The summed E-state index contributed by atoms with van der Waals surface area (Å²) in [4.78, 5) is 0. The number of ether oxygens (including phenoxy) is 2. The summed E-state index contributed by atoms with van der Waals surface area (Å²) < 4.78 is 10.2. The molecule has 1 heterocycles. The van der Waals surface area contributed by atoms with Crippen LogP contribution in [0.15, 0.2) is 36.5 Å². The first-order chi connectivity index (χ1) is 5.29. The fourth-order valence-electron chi connectivity index (χ4n) is 0.701. The van der Waals surface area contributed by atoms with E-state index in [0.29, 0.717) is 6.61 Å². The molecule has 0 N–H and O–H groups in total. The number of hydrogen-bond donors (Lipinski definition) is 0. The Morgan fingerprint density at radius 2 is 2.73 bits per heavy atom. The summed E-state index contributed by atoms with van der Waals surface area (Å²) >= 11 is 0. The Kier molecular flexibility index (Phi) is 2.78. The van der Waals surface area contributed by atoms with E-state index in [1.807, 2.05) is 13.0 Å². The first-order valence-corrected chi connectivity index (χ1v) is 3.56. The van der Waals surface area contributed by atoms with E-state index in [1.54, 1.807) is 12.5 Å². The Morgan fingerprint density at radius 1 is 1.91 bits per heavy atom. The molecular weight excluding hydrogens is 140 g/mol. The van der Waals surface area contributed by atoms with Crippen molar-refractivity contribution in [2.45, 2.75) is 13.3 Å². The maximum Gasteiger partial charge on any atom is 0.141 e. The molecule has 0 aromatic heterocycles. The van der Waals surface area contributed by atoms with Gasteiger partial charge >= 0.3 is 0 Å². The lowest BCUT2D eigenvalue weighted by molar-refractivity contribution is 0.249. The van der Waals surface area contributed by atoms with Gasteiger partial charge in [0, 0.05) is 6.42 Å². The van der Waals surface area contributed by atoms with Crippen molar-refractivity contribution < 1.29 is 9.47 Å². The van der Waals surface area contributed by atoms with Gasteiger partial charge in [0.05, 0.1) is 6.26 Å². The normalized spacial score (nSPS) is 18.5. The molecule has 0 amide bonds. The molecule has 2 heteroatoms. The minimum absolute atomic E-state index is 0.562. The van der Waals surface area contributed by atoms with Gasteiger partial charge < -0.3 is 9.47 Å². The molecule has 60 valence electrons. The molecular formula is C9H12O2. The fourth-order valence-corrected chi connectivity index (χ4v) is 0.701. The minimum atomic E-state index is 0.562. The largest absolute Gasteiger partial charge is 0.493 e. The first-order valence-electron chi connectivity index (χ1n) is 3.56. The highest BCUT2D eigenvalue weighted by atomic mass is 16.5. The Balaban J connectivity index is 2.19. The van der Waals surface area contributed by atoms with Gasteiger partial charge in [-0.1, -0.05) is 6.58 Å². The molecule has 1 rings (SSSR count). The van der Waals surface area contributed by atoms with E-state index in [0.717, 1.165) is 17.8 Å². The van der Waals surface area contributed by atoms with Crippen molar-refractivity contribution in [1.29, 1.82) is 0 Å². The second kappa shape index (κ2) is 3.86. The van der Waals surface area contributed by atoms with Crippen LogP contribution in [-0.2, 0) is 9.47 Å². The van der Waals surface area contributed by atoms with E-state index in [-0.39, 0.29) is 0 Å². The van der Waals surface area contributed by atoms with Crippen molar-refractivity contribution in [2.24, 2.45) is 0 Å². The highest BCUT2D eigenvalue weighted by Gasteiger charge is 2.00. The molecule has 0 unspecified atom stereocenters. The van der Waals surface area contributed by atoms with Crippen molar-refractivity contribution >= 4 is 0 Å². The van der Waals surface area contributed by atoms with Gasteiger partial charge in [-0.3, -0.25) is 0 Å². The summed E-state index contributed by atoms with van der Waals surface area (Å²) in [7, 11) is 0. The molecule has 11 heavy (non-hydrogen) atoms. The molecule has 0 aromatic rings. The molecule has 0 fully saturated rings. The Labute approximate surface area is 66.8 Å². The summed E-state index contributed by atoms with van der Waals surface area (Å²) in [6.07, 6.45) is 6.07. The van der Waals surface area contributed by atoms with Gasteiger partial charge in [-0.25, -0.2) is 0 Å². The van der Waals surface area contributed by atoms with Crippen LogP contribution >= 0.6 is 0 Å². The smallest absolute Gasteiger partial charge is 0.141 e. The third kappa shape index (κ3) is 2.94. The molecule has 0 bridgehead atoms. The average Bonchev–Trinajstić information content (AvgIpc) is 2.39. The fraction of sp³-hybridized carbons (Fsp3) is 0.333. The molecule has 2 nitrogen and oxygen atoms in total. The Bertz CT molecular complexity index is 192. The zero-order valence-corrected chi connectivity index (χ0v) is 6.67. The van der Waals surface area contributed by atoms with Crippen LogP contribution in [0.25, 0.3) is 0 Å². The SMILES string of the molecule is C=C(C)CO/C=C1/CC=CO1. The van der Waals surface area contributed by atoms with Gasteiger partial charge in [-0.05, 0) is 18.6 Å². The zero-order chi connectivity index (χ0) is 8.10. The molecule has 0 radical (unpaired) electrons. The third-order valence-corrected chi connectivity index (χ3v) is 1.18. The zero-order valence-electron chi connectivity index (χ0n) is 6.67. The van der Waals surface area contributed by atoms with Crippen molar-refractivity contribution in [1.82, 2.24) is 0 Å². The van der Waals surface area contributed by atoms with Gasteiger partial charge in [-0.15, -0.1) is 0 Å². The van der Waals surface area contributed by atoms with E-state index in [2.05, 4.69) is 6.58 Å². The summed E-state index contributed by atoms with van der Waals surface area (Å²) in [5.41, 5.74) is 1.01. The van der Waals surface area contributed by atoms with Crippen molar-refractivity contribution in [3.63, 3.8) is 0 Å². The second-order valence-corrected chi connectivity index (χ2v) is 2.55. The lowest BCUT2D eigenvalue weighted by Crippen LogP contribution is -1.89. The molecule has 0 atom stereocenters. The van der Waals surface area contributed by atoms with Crippen molar-refractivity contribution in [3.8, 4) is 0 Å². The third-order valence-electron chi connectivity index (χ3n) is 1.18. The van der Waals surface area contributed by atoms with Crippen LogP contribution in [0.5, 0.6) is 0 Å². The average molecular weight is 152 g/mol. The molecule has 0 saturated carbocycles. The van der Waals surface area contributed by atoms with Gasteiger partial charge in [0.2, 0.25) is 0 Å². The van der Waals surface area contributed by atoms with Crippen molar-refractivity contribution in [2.75, 3.05) is 6.61 Å². The summed E-state index contributed by atoms with van der Waals surface area (Å²) in [5.74, 6) is 0.853. The summed E-state index contributed by atoms with van der Waals surface area (Å²) in [5, 5.41) is 0. The minimum Gasteiger partial charge on any atom is -0.493 e. The standard InChI is InChI=1S/C9H12O2/c1-8(2)6-10-7-9-4-3-5-11-9/h3,5,7H,1,4,6H2,2H3/b9-7-. The maximum atomic E-state index is 5.15. The lowest BCUT2D eigenvalue weighted by atomic mass is 10.4. The van der Waals surface area contributed by atoms with E-state index >= 15 is 0 Å². The van der Waals surface area contributed by atoms with Crippen LogP contribution in [0, 0.1) is 0 Å². The predicted molar refractivity (Wildman–Crippen MR) is 43.7 cm³/mol. The van der Waals surface area contributed by atoms with Gasteiger partial charge in [0.15, 0.2) is 0 Å². The summed E-state index contributed by atoms with van der Waals surface area (Å²) in [6.45, 7) is 6.19. The predicted octanol–water partition coefficient (Wildman–Crippen LogP) is 2.35. The van der Waals surface area contributed by atoms with Gasteiger partial charge in [-0.2, -0.15) is 0 Å². The monoisotopic (exact) mass is 152 g/mol. The second-order valence-electron chi connectivity index (χ2n) is 2.55.